The van der Waals surface area contributed by atoms with Gasteiger partial charge in [0.1, 0.15) is 10.6 Å². The molecule has 2 aromatic carbocycles. The van der Waals surface area contributed by atoms with Gasteiger partial charge in [0.25, 0.3) is 5.91 Å². The van der Waals surface area contributed by atoms with Gasteiger partial charge in [-0.25, -0.2) is 12.7 Å². The number of nitrogens with zero attached hydrogens (tertiary/aromatic N) is 1. The van der Waals surface area contributed by atoms with Crippen LogP contribution in [0.15, 0.2) is 41.3 Å². The highest BCUT2D eigenvalue weighted by atomic mass is 32.2. The topological polar surface area (TPSA) is 102 Å². The Morgan fingerprint density at radius 3 is 2.50 bits per heavy atom. The fourth-order valence-electron chi connectivity index (χ4n) is 2.34. The lowest BCUT2D eigenvalue weighted by molar-refractivity contribution is 0.102. The Kier molecular flexibility index (Phi) is 5.89. The van der Waals surface area contributed by atoms with Crippen LogP contribution in [0.25, 0.3) is 0 Å². The van der Waals surface area contributed by atoms with Gasteiger partial charge in [-0.2, -0.15) is 0 Å². The summed E-state index contributed by atoms with van der Waals surface area (Å²) in [6.07, 6.45) is 0. The third-order valence-electron chi connectivity index (χ3n) is 3.77. The minimum absolute atomic E-state index is 0.00792. The van der Waals surface area contributed by atoms with Crippen LogP contribution in [0, 0.1) is 6.92 Å². The third-order valence-corrected chi connectivity index (χ3v) is 5.60. The maximum Gasteiger partial charge on any atom is 0.256 e. The second kappa shape index (κ2) is 7.76. The Morgan fingerprint density at radius 2 is 1.88 bits per heavy atom. The van der Waals surface area contributed by atoms with Crippen LogP contribution < -0.4 is 15.8 Å². The number of hydrogen-bond donors (Lipinski definition) is 2. The highest BCUT2D eigenvalue weighted by molar-refractivity contribution is 7.89. The number of carbonyl (C=O) groups excluding carboxylic acids is 1. The first-order valence-corrected chi connectivity index (χ1v) is 9.47. The number of benzene rings is 2. The zero-order valence-electron chi connectivity index (χ0n) is 15.2. The molecule has 0 aliphatic heterocycles. The van der Waals surface area contributed by atoms with Gasteiger partial charge in [-0.1, -0.05) is 6.07 Å². The van der Waals surface area contributed by atoms with Crippen molar-refractivity contribution in [2.75, 3.05) is 31.8 Å². The summed E-state index contributed by atoms with van der Waals surface area (Å²) in [4.78, 5) is 12.5. The van der Waals surface area contributed by atoms with Gasteiger partial charge in [0, 0.05) is 31.0 Å². The third kappa shape index (κ3) is 4.14. The molecule has 3 N–H and O–H groups in total. The zero-order valence-corrected chi connectivity index (χ0v) is 16.1. The van der Waals surface area contributed by atoms with Crippen LogP contribution >= 0.6 is 0 Å². The molecule has 2 aromatic rings. The number of amides is 1. The van der Waals surface area contributed by atoms with Crippen molar-refractivity contribution in [2.24, 2.45) is 0 Å². The van der Waals surface area contributed by atoms with E-state index in [1.54, 1.807) is 38.1 Å². The summed E-state index contributed by atoms with van der Waals surface area (Å²) in [5.41, 5.74) is 7.76. The second-order valence-corrected chi connectivity index (χ2v) is 8.03. The largest absolute Gasteiger partial charge is 0.492 e. The normalized spacial score (nSPS) is 11.4. The first-order chi connectivity index (χ1) is 12.2. The number of aryl methyl sites for hydroxylation is 1. The van der Waals surface area contributed by atoms with Crippen molar-refractivity contribution in [3.05, 3.63) is 47.5 Å². The van der Waals surface area contributed by atoms with E-state index in [4.69, 9.17) is 10.5 Å². The number of nitrogens with one attached hydrogen (secondary N) is 1. The number of ether oxygens (including phenoxy) is 1. The van der Waals surface area contributed by atoms with E-state index in [2.05, 4.69) is 5.32 Å². The Bertz CT molecular complexity index is 924. The Hall–Kier alpha value is -2.58. The summed E-state index contributed by atoms with van der Waals surface area (Å²) in [7, 11) is -0.857. The van der Waals surface area contributed by atoms with Gasteiger partial charge in [0.15, 0.2) is 0 Å². The molecule has 0 aromatic heterocycles. The average molecular weight is 377 g/mol. The van der Waals surface area contributed by atoms with E-state index in [-0.39, 0.29) is 16.6 Å². The number of sulfonamides is 1. The zero-order chi connectivity index (χ0) is 19.5. The fourth-order valence-corrected chi connectivity index (χ4v) is 3.39. The van der Waals surface area contributed by atoms with Gasteiger partial charge in [-0.3, -0.25) is 4.79 Å². The highest BCUT2D eigenvalue weighted by Crippen LogP contribution is 2.29. The van der Waals surface area contributed by atoms with Crippen LogP contribution in [0.1, 0.15) is 22.8 Å². The van der Waals surface area contributed by atoms with E-state index in [0.29, 0.717) is 23.5 Å². The Morgan fingerprint density at radius 1 is 1.19 bits per heavy atom. The molecule has 0 atom stereocenters. The fraction of sp³-hybridized carbons (Fsp3) is 0.278. The van der Waals surface area contributed by atoms with Gasteiger partial charge in [0.05, 0.1) is 6.61 Å². The number of carbonyl (C=O) groups is 1. The molecule has 0 radical (unpaired) electrons. The monoisotopic (exact) mass is 377 g/mol. The minimum atomic E-state index is -3.73. The number of anilines is 2. The summed E-state index contributed by atoms with van der Waals surface area (Å²) in [5, 5.41) is 2.71. The molecule has 140 valence electrons. The number of nitrogen functional groups attached to an aromatic ring is 1. The summed E-state index contributed by atoms with van der Waals surface area (Å²) >= 11 is 0. The van der Waals surface area contributed by atoms with Gasteiger partial charge < -0.3 is 15.8 Å². The van der Waals surface area contributed by atoms with Crippen LogP contribution in [0.2, 0.25) is 0 Å². The van der Waals surface area contributed by atoms with Crippen molar-refractivity contribution in [2.45, 2.75) is 18.7 Å². The van der Waals surface area contributed by atoms with Crippen molar-refractivity contribution < 1.29 is 17.9 Å². The Balaban J connectivity index is 2.42. The first kappa shape index (κ1) is 19.7. The van der Waals surface area contributed by atoms with E-state index in [1.807, 2.05) is 0 Å². The smallest absolute Gasteiger partial charge is 0.256 e. The second-order valence-electron chi connectivity index (χ2n) is 5.91. The van der Waals surface area contributed by atoms with Gasteiger partial charge >= 0.3 is 0 Å². The van der Waals surface area contributed by atoms with Crippen LogP contribution in [0.3, 0.4) is 0 Å². The summed E-state index contributed by atoms with van der Waals surface area (Å²) < 4.78 is 31.6. The van der Waals surface area contributed by atoms with E-state index in [1.165, 1.54) is 26.2 Å². The molecule has 0 spiro atoms. The molecule has 7 nitrogen and oxygen atoms in total. The molecule has 2 rings (SSSR count). The highest BCUT2D eigenvalue weighted by Gasteiger charge is 2.23. The van der Waals surface area contributed by atoms with Crippen molar-refractivity contribution >= 4 is 27.3 Å². The molecule has 0 bridgehead atoms. The van der Waals surface area contributed by atoms with Crippen LogP contribution in [-0.2, 0) is 10.0 Å². The maximum absolute atomic E-state index is 12.6. The molecule has 0 saturated carbocycles. The summed E-state index contributed by atoms with van der Waals surface area (Å²) in [5.74, 6) is -0.133. The number of nitrogens with two attached hydrogens (primary N) is 1. The van der Waals surface area contributed by atoms with Crippen molar-refractivity contribution in [3.8, 4) is 5.75 Å². The lowest BCUT2D eigenvalue weighted by Gasteiger charge is -2.17. The van der Waals surface area contributed by atoms with Crippen molar-refractivity contribution in [1.82, 2.24) is 4.31 Å². The molecule has 0 heterocycles. The molecule has 0 saturated heterocycles. The minimum Gasteiger partial charge on any atom is -0.492 e. The number of hydrogen-bond acceptors (Lipinski definition) is 5. The summed E-state index contributed by atoms with van der Waals surface area (Å²) in [6.45, 7) is 3.89. The maximum atomic E-state index is 12.6. The molecular formula is C18H23N3O4S. The molecule has 0 aliphatic rings. The van der Waals surface area contributed by atoms with Crippen LogP contribution in [-0.4, -0.2) is 39.3 Å². The molecule has 0 fully saturated rings. The van der Waals surface area contributed by atoms with Crippen molar-refractivity contribution in [1.29, 1.82) is 0 Å². The first-order valence-electron chi connectivity index (χ1n) is 8.03. The molecule has 0 aliphatic carbocycles. The summed E-state index contributed by atoms with van der Waals surface area (Å²) in [6, 6.07) is 9.56. The van der Waals surface area contributed by atoms with Gasteiger partial charge in [0.2, 0.25) is 10.0 Å². The predicted molar refractivity (Wildman–Crippen MR) is 102 cm³/mol. The lowest BCUT2D eigenvalue weighted by Crippen LogP contribution is -2.23. The molecule has 0 unspecified atom stereocenters. The molecule has 26 heavy (non-hydrogen) atoms. The van der Waals surface area contributed by atoms with Crippen LogP contribution in [0.4, 0.5) is 11.4 Å². The van der Waals surface area contributed by atoms with Crippen LogP contribution in [0.5, 0.6) is 5.75 Å². The molecular weight excluding hydrogens is 354 g/mol. The van der Waals surface area contributed by atoms with E-state index < -0.39 is 10.0 Å². The van der Waals surface area contributed by atoms with Crippen molar-refractivity contribution in [3.63, 3.8) is 0 Å². The quantitative estimate of drug-likeness (QED) is 0.753. The average Bonchev–Trinajstić information content (AvgIpc) is 2.58. The lowest BCUT2D eigenvalue weighted by atomic mass is 10.1. The van der Waals surface area contributed by atoms with Gasteiger partial charge in [-0.15, -0.1) is 0 Å². The van der Waals surface area contributed by atoms with Gasteiger partial charge in [-0.05, 0) is 49.7 Å². The molecule has 8 heteroatoms. The predicted octanol–water partition coefficient (Wildman–Crippen LogP) is 2.48. The Labute approximate surface area is 153 Å². The van der Waals surface area contributed by atoms with E-state index in [0.717, 1.165) is 9.87 Å². The standard InChI is InChI=1S/C18H23N3O4S/c1-5-25-16-9-8-14(11-17(16)26(23,24)21(3)4)20-18(22)15-10-13(19)7-6-12(15)2/h6-11H,5,19H2,1-4H3,(H,20,22). The van der Waals surface area contributed by atoms with E-state index in [9.17, 15) is 13.2 Å². The van der Waals surface area contributed by atoms with E-state index >= 15 is 0 Å². The number of rotatable bonds is 6. The molecule has 1 amide bonds. The SMILES string of the molecule is CCOc1ccc(NC(=O)c2cc(N)ccc2C)cc1S(=O)(=O)N(C)C.